The number of aromatic nitrogens is 3. The number of halogens is 1. The lowest BCUT2D eigenvalue weighted by Crippen LogP contribution is -2.41. The van der Waals surface area contributed by atoms with Gasteiger partial charge in [-0.15, -0.1) is 28.8 Å². The average Bonchev–Trinajstić information content (AvgIpc) is 3.16. The molecule has 3 N–H and O–H groups in total. The van der Waals surface area contributed by atoms with Crippen molar-refractivity contribution in [2.75, 3.05) is 13.2 Å². The molecule has 0 aromatic carbocycles. The van der Waals surface area contributed by atoms with Crippen molar-refractivity contribution in [3.8, 4) is 0 Å². The predicted molar refractivity (Wildman–Crippen MR) is 96.4 cm³/mol. The van der Waals surface area contributed by atoms with Crippen LogP contribution in [-0.2, 0) is 13.1 Å². The number of hydrogen-bond acceptors (Lipinski definition) is 6. The molecule has 0 spiro atoms. The van der Waals surface area contributed by atoms with Crippen molar-refractivity contribution >= 4 is 29.7 Å². The molecule has 2 heterocycles. The van der Waals surface area contributed by atoms with Crippen molar-refractivity contribution in [3.63, 3.8) is 0 Å². The third kappa shape index (κ3) is 5.01. The monoisotopic (exact) mass is 373 g/mol. The molecule has 0 bridgehead atoms. The van der Waals surface area contributed by atoms with Crippen molar-refractivity contribution in [3.05, 3.63) is 33.8 Å². The van der Waals surface area contributed by atoms with Gasteiger partial charge in [-0.3, -0.25) is 9.48 Å². The summed E-state index contributed by atoms with van der Waals surface area (Å²) in [6.45, 7) is 5.31. The van der Waals surface area contributed by atoms with Crippen molar-refractivity contribution in [1.82, 2.24) is 19.9 Å². The molecule has 1 unspecified atom stereocenters. The molecular formula is C15H24ClN5O2S. The smallest absolute Gasteiger partial charge is 0.276 e. The number of nitrogens with zero attached hydrogens (tertiary/aromatic N) is 4. The van der Waals surface area contributed by atoms with Gasteiger partial charge in [0.2, 0.25) is 0 Å². The van der Waals surface area contributed by atoms with E-state index in [0.29, 0.717) is 26.1 Å². The second-order valence-electron chi connectivity index (χ2n) is 5.35. The van der Waals surface area contributed by atoms with Crippen molar-refractivity contribution in [2.45, 2.75) is 39.4 Å². The predicted octanol–water partition coefficient (Wildman–Crippen LogP) is 1.44. The number of hydrogen-bond donors (Lipinski definition) is 2. The summed E-state index contributed by atoms with van der Waals surface area (Å²) >= 11 is 1.65. The van der Waals surface area contributed by atoms with Crippen LogP contribution in [0.3, 0.4) is 0 Å². The lowest BCUT2D eigenvalue weighted by Gasteiger charge is -2.28. The fraction of sp³-hybridized carbons (Fsp3) is 0.533. The van der Waals surface area contributed by atoms with Crippen LogP contribution in [0.1, 0.15) is 33.6 Å². The normalized spacial score (nSPS) is 11.8. The van der Waals surface area contributed by atoms with Crippen LogP contribution in [0.5, 0.6) is 0 Å². The minimum atomic E-state index is -0.246. The van der Waals surface area contributed by atoms with Crippen LogP contribution < -0.4 is 5.73 Å². The van der Waals surface area contributed by atoms with Crippen molar-refractivity contribution in [1.29, 1.82) is 0 Å². The van der Waals surface area contributed by atoms with Gasteiger partial charge in [0.15, 0.2) is 5.69 Å². The van der Waals surface area contributed by atoms with Crippen molar-refractivity contribution < 1.29 is 9.90 Å². The topological polar surface area (TPSA) is 97.3 Å². The summed E-state index contributed by atoms with van der Waals surface area (Å²) in [6.07, 6.45) is 2.27. The fourth-order valence-electron chi connectivity index (χ4n) is 2.34. The maximum atomic E-state index is 12.8. The summed E-state index contributed by atoms with van der Waals surface area (Å²) in [4.78, 5) is 16.7. The average molecular weight is 374 g/mol. The molecule has 0 aliphatic heterocycles. The van der Waals surface area contributed by atoms with Crippen molar-refractivity contribution in [2.24, 2.45) is 5.73 Å². The quantitative estimate of drug-likeness (QED) is 0.729. The molecule has 1 atom stereocenters. The second-order valence-corrected chi connectivity index (χ2v) is 6.72. The molecule has 0 aliphatic rings. The molecule has 0 fully saturated rings. The molecular weight excluding hydrogens is 350 g/mol. The summed E-state index contributed by atoms with van der Waals surface area (Å²) in [6, 6.07) is 3.79. The van der Waals surface area contributed by atoms with Gasteiger partial charge in [-0.05, 0) is 25.5 Å². The summed E-state index contributed by atoms with van der Waals surface area (Å²) in [5.74, 6) is -0.222. The van der Waals surface area contributed by atoms with Gasteiger partial charge in [0.25, 0.3) is 5.91 Å². The van der Waals surface area contributed by atoms with E-state index >= 15 is 0 Å². The molecule has 0 aliphatic carbocycles. The van der Waals surface area contributed by atoms with E-state index in [0.717, 1.165) is 4.88 Å². The SMILES string of the molecule is CCC(CO)N(Cc1ccc(C)s1)C(=O)c1cn(CCN)nn1.Cl. The Morgan fingerprint density at radius 2 is 2.25 bits per heavy atom. The zero-order valence-corrected chi connectivity index (χ0v) is 15.5. The van der Waals surface area contributed by atoms with Crippen LogP contribution in [0.2, 0.25) is 0 Å². The Morgan fingerprint density at radius 3 is 2.79 bits per heavy atom. The lowest BCUT2D eigenvalue weighted by molar-refractivity contribution is 0.0560. The minimum Gasteiger partial charge on any atom is -0.394 e. The molecule has 2 aromatic rings. The Kier molecular flexibility index (Phi) is 8.34. The van der Waals surface area contributed by atoms with Gasteiger partial charge in [-0.1, -0.05) is 12.1 Å². The van der Waals surface area contributed by atoms with Crippen LogP contribution in [-0.4, -0.2) is 50.1 Å². The number of amides is 1. The van der Waals surface area contributed by atoms with Gasteiger partial charge in [0.1, 0.15) is 0 Å². The highest BCUT2D eigenvalue weighted by molar-refractivity contribution is 7.11. The maximum Gasteiger partial charge on any atom is 0.276 e. The van der Waals surface area contributed by atoms with Gasteiger partial charge < -0.3 is 15.7 Å². The third-order valence-electron chi connectivity index (χ3n) is 3.62. The van der Waals surface area contributed by atoms with Crippen LogP contribution in [0.4, 0.5) is 0 Å². The largest absolute Gasteiger partial charge is 0.394 e. The number of carbonyl (C=O) groups is 1. The Labute approximate surface area is 151 Å². The molecule has 9 heteroatoms. The van der Waals surface area contributed by atoms with E-state index in [1.807, 2.05) is 26.0 Å². The van der Waals surface area contributed by atoms with Gasteiger partial charge in [-0.25, -0.2) is 0 Å². The first-order chi connectivity index (χ1) is 11.1. The number of aliphatic hydroxyl groups excluding tert-OH is 1. The summed E-state index contributed by atoms with van der Waals surface area (Å²) in [5, 5.41) is 17.5. The maximum absolute atomic E-state index is 12.8. The Morgan fingerprint density at radius 1 is 1.50 bits per heavy atom. The Hall–Kier alpha value is -1.48. The minimum absolute atomic E-state index is 0. The second kappa shape index (κ2) is 9.73. The van der Waals surface area contributed by atoms with E-state index in [1.54, 1.807) is 27.1 Å². The molecule has 0 saturated heterocycles. The summed E-state index contributed by atoms with van der Waals surface area (Å²) < 4.78 is 1.56. The third-order valence-corrected chi connectivity index (χ3v) is 4.61. The Bertz CT molecular complexity index is 641. The molecule has 24 heavy (non-hydrogen) atoms. The van der Waals surface area contributed by atoms with E-state index in [4.69, 9.17) is 5.73 Å². The summed E-state index contributed by atoms with van der Waals surface area (Å²) in [5.41, 5.74) is 5.76. The van der Waals surface area contributed by atoms with Crippen LogP contribution in [0, 0.1) is 6.92 Å². The van der Waals surface area contributed by atoms with Crippen LogP contribution >= 0.6 is 23.7 Å². The number of aryl methyl sites for hydroxylation is 1. The summed E-state index contributed by atoms with van der Waals surface area (Å²) in [7, 11) is 0. The number of rotatable bonds is 8. The zero-order valence-electron chi connectivity index (χ0n) is 13.9. The molecule has 0 saturated carbocycles. The van der Waals surface area contributed by atoms with E-state index < -0.39 is 0 Å². The first kappa shape index (κ1) is 20.6. The number of aliphatic hydroxyl groups is 1. The van der Waals surface area contributed by atoms with E-state index in [2.05, 4.69) is 10.3 Å². The standard InChI is InChI=1S/C15H23N5O2S.ClH/c1-3-12(10-21)20(8-13-5-4-11(2)23-13)15(22)14-9-19(7-6-16)18-17-14;/h4-5,9,12,21H,3,6-8,10,16H2,1-2H3;1H. The van der Waals surface area contributed by atoms with Gasteiger partial charge >= 0.3 is 0 Å². The highest BCUT2D eigenvalue weighted by Gasteiger charge is 2.26. The lowest BCUT2D eigenvalue weighted by atomic mass is 10.2. The van der Waals surface area contributed by atoms with Gasteiger partial charge in [0.05, 0.1) is 31.9 Å². The molecule has 7 nitrogen and oxygen atoms in total. The van der Waals surface area contributed by atoms with E-state index in [-0.39, 0.29) is 36.7 Å². The van der Waals surface area contributed by atoms with Crippen LogP contribution in [0.15, 0.2) is 18.3 Å². The molecule has 2 rings (SSSR count). The molecule has 0 radical (unpaired) electrons. The zero-order chi connectivity index (χ0) is 16.8. The number of thiophene rings is 1. The van der Waals surface area contributed by atoms with Crippen LogP contribution in [0.25, 0.3) is 0 Å². The van der Waals surface area contributed by atoms with E-state index in [1.165, 1.54) is 4.88 Å². The fourth-order valence-corrected chi connectivity index (χ4v) is 3.23. The first-order valence-electron chi connectivity index (χ1n) is 7.66. The highest BCUT2D eigenvalue weighted by atomic mass is 35.5. The number of nitrogens with two attached hydrogens (primary N) is 1. The number of carbonyl (C=O) groups excluding carboxylic acids is 1. The molecule has 134 valence electrons. The van der Waals surface area contributed by atoms with E-state index in [9.17, 15) is 9.90 Å². The highest BCUT2D eigenvalue weighted by Crippen LogP contribution is 2.20. The molecule has 2 aromatic heterocycles. The Balaban J connectivity index is 0.00000288. The first-order valence-corrected chi connectivity index (χ1v) is 8.48. The molecule has 1 amide bonds. The van der Waals surface area contributed by atoms with Gasteiger partial charge in [0, 0.05) is 16.3 Å². The van der Waals surface area contributed by atoms with Gasteiger partial charge in [-0.2, -0.15) is 0 Å².